The van der Waals surface area contributed by atoms with Gasteiger partial charge in [-0.25, -0.2) is 4.79 Å². The predicted octanol–water partition coefficient (Wildman–Crippen LogP) is 2.08. The van der Waals surface area contributed by atoms with E-state index < -0.39 is 11.5 Å². The summed E-state index contributed by atoms with van der Waals surface area (Å²) in [7, 11) is 2.11. The van der Waals surface area contributed by atoms with E-state index in [-0.39, 0.29) is 17.4 Å². The average Bonchev–Trinajstić information content (AvgIpc) is 3.02. The molecule has 0 saturated carbocycles. The van der Waals surface area contributed by atoms with Crippen LogP contribution in [0.1, 0.15) is 36.0 Å². The fourth-order valence-electron chi connectivity index (χ4n) is 3.86. The van der Waals surface area contributed by atoms with Crippen LogP contribution in [-0.4, -0.2) is 46.2 Å². The van der Waals surface area contributed by atoms with Gasteiger partial charge in [0.1, 0.15) is 16.7 Å². The molecule has 0 radical (unpaired) electrons. The van der Waals surface area contributed by atoms with Crippen LogP contribution in [0, 0.1) is 0 Å². The fourth-order valence-corrected chi connectivity index (χ4v) is 4.64. The summed E-state index contributed by atoms with van der Waals surface area (Å²) >= 11 is 1.31. The van der Waals surface area contributed by atoms with Gasteiger partial charge < -0.3 is 19.7 Å². The van der Waals surface area contributed by atoms with Gasteiger partial charge in [0.25, 0.3) is 5.56 Å². The summed E-state index contributed by atoms with van der Waals surface area (Å²) in [6.45, 7) is 0. The van der Waals surface area contributed by atoms with Crippen LogP contribution in [-0.2, 0) is 4.74 Å². The lowest BCUT2D eigenvalue weighted by Crippen LogP contribution is -2.43. The van der Waals surface area contributed by atoms with E-state index >= 15 is 0 Å². The Kier molecular flexibility index (Phi) is 3.42. The van der Waals surface area contributed by atoms with Gasteiger partial charge in [-0.05, 0) is 31.3 Å². The topological polar surface area (TPSA) is 82.6 Å². The molecule has 2 saturated heterocycles. The number of rotatable bonds is 2. The first-order valence-electron chi connectivity index (χ1n) is 7.80. The lowest BCUT2D eigenvalue weighted by molar-refractivity contribution is -0.000805. The molecule has 23 heavy (non-hydrogen) atoms. The van der Waals surface area contributed by atoms with E-state index in [0.29, 0.717) is 22.3 Å². The Bertz CT molecular complexity index is 813. The zero-order valence-corrected chi connectivity index (χ0v) is 13.6. The van der Waals surface area contributed by atoms with Gasteiger partial charge in [0.05, 0.1) is 5.39 Å². The molecule has 4 heterocycles. The molecule has 4 rings (SSSR count). The second-order valence-electron chi connectivity index (χ2n) is 6.39. The second-order valence-corrected chi connectivity index (χ2v) is 7.31. The molecule has 122 valence electrons. The standard InChI is InChI=1S/C16H18N2O4S/c1-18-8-2-3-9(18)7-10(6-8)22-16(21)12-13(19)11-4-5-23-15(11)17-14(12)20/h4-5,8-10H,2-3,6-7H2,1H3,(H2,17,19,20)/t8-,9+,10?. The van der Waals surface area contributed by atoms with Crippen molar-refractivity contribution in [1.29, 1.82) is 0 Å². The molecular formula is C16H18N2O4S. The number of nitrogens with one attached hydrogen (secondary N) is 1. The van der Waals surface area contributed by atoms with Crippen molar-refractivity contribution in [2.75, 3.05) is 7.05 Å². The molecule has 2 aliphatic heterocycles. The van der Waals surface area contributed by atoms with Gasteiger partial charge in [-0.15, -0.1) is 11.3 Å². The third kappa shape index (κ3) is 2.35. The first-order valence-corrected chi connectivity index (χ1v) is 8.68. The van der Waals surface area contributed by atoms with Gasteiger partial charge in [0, 0.05) is 24.9 Å². The molecule has 6 nitrogen and oxygen atoms in total. The first-order chi connectivity index (χ1) is 11.0. The van der Waals surface area contributed by atoms with Crippen LogP contribution in [0.25, 0.3) is 10.2 Å². The zero-order chi connectivity index (χ0) is 16.1. The molecule has 2 N–H and O–H groups in total. The minimum atomic E-state index is -0.731. The Morgan fingerprint density at radius 3 is 2.78 bits per heavy atom. The number of aromatic nitrogens is 1. The Morgan fingerprint density at radius 2 is 2.09 bits per heavy atom. The number of piperidine rings is 1. The van der Waals surface area contributed by atoms with Crippen molar-refractivity contribution in [2.24, 2.45) is 0 Å². The van der Waals surface area contributed by atoms with Crippen LogP contribution < -0.4 is 5.56 Å². The maximum Gasteiger partial charge on any atom is 0.347 e. The molecule has 3 atom stereocenters. The van der Waals surface area contributed by atoms with E-state index in [2.05, 4.69) is 16.9 Å². The quantitative estimate of drug-likeness (QED) is 0.822. The van der Waals surface area contributed by atoms with E-state index in [1.807, 2.05) is 0 Å². The minimum Gasteiger partial charge on any atom is -0.506 e. The van der Waals surface area contributed by atoms with Crippen LogP contribution in [0.15, 0.2) is 16.2 Å². The number of nitrogens with zero attached hydrogens (tertiary/aromatic N) is 1. The highest BCUT2D eigenvalue weighted by Crippen LogP contribution is 2.36. The molecule has 2 fully saturated rings. The number of carbonyl (C=O) groups is 1. The molecular weight excluding hydrogens is 316 g/mol. The maximum atomic E-state index is 12.4. The van der Waals surface area contributed by atoms with Gasteiger partial charge in [-0.1, -0.05) is 0 Å². The molecule has 0 aromatic carbocycles. The Hall–Kier alpha value is -1.86. The van der Waals surface area contributed by atoms with Crippen molar-refractivity contribution in [1.82, 2.24) is 9.88 Å². The second kappa shape index (κ2) is 5.35. The maximum absolute atomic E-state index is 12.4. The molecule has 0 spiro atoms. The van der Waals surface area contributed by atoms with Crippen LogP contribution >= 0.6 is 11.3 Å². The number of carbonyl (C=O) groups excluding carboxylic acids is 1. The molecule has 1 unspecified atom stereocenters. The zero-order valence-electron chi connectivity index (χ0n) is 12.7. The Morgan fingerprint density at radius 1 is 1.39 bits per heavy atom. The number of H-pyrrole nitrogens is 1. The summed E-state index contributed by atoms with van der Waals surface area (Å²) in [5, 5.41) is 12.5. The third-order valence-corrected chi connectivity index (χ3v) is 5.97. The summed E-state index contributed by atoms with van der Waals surface area (Å²) in [6.07, 6.45) is 3.65. The number of hydrogen-bond acceptors (Lipinski definition) is 6. The van der Waals surface area contributed by atoms with Gasteiger partial charge in [0.15, 0.2) is 5.56 Å². The lowest BCUT2D eigenvalue weighted by atomic mass is 10.0. The number of fused-ring (bicyclic) bond motifs is 3. The monoisotopic (exact) mass is 334 g/mol. The summed E-state index contributed by atoms with van der Waals surface area (Å²) in [6, 6.07) is 2.56. The van der Waals surface area contributed by atoms with E-state index in [4.69, 9.17) is 4.74 Å². The largest absolute Gasteiger partial charge is 0.506 e. The SMILES string of the molecule is CN1[C@@H]2CC[C@H]1CC(OC(=O)c1c(O)c3ccsc3[nH]c1=O)C2. The van der Waals surface area contributed by atoms with E-state index in [1.54, 1.807) is 11.4 Å². The van der Waals surface area contributed by atoms with Gasteiger partial charge in [-0.2, -0.15) is 0 Å². The molecule has 2 bridgehead atoms. The number of aromatic hydroxyl groups is 1. The van der Waals surface area contributed by atoms with Gasteiger partial charge in [-0.3, -0.25) is 4.79 Å². The summed E-state index contributed by atoms with van der Waals surface area (Å²) in [5.41, 5.74) is -0.888. The highest BCUT2D eigenvalue weighted by molar-refractivity contribution is 7.16. The molecule has 2 aromatic rings. The summed E-state index contributed by atoms with van der Waals surface area (Å²) in [5.74, 6) is -1.02. The number of pyridine rings is 1. The Labute approximate surface area is 136 Å². The highest BCUT2D eigenvalue weighted by Gasteiger charge is 2.40. The molecule has 7 heteroatoms. The van der Waals surface area contributed by atoms with E-state index in [1.165, 1.54) is 11.3 Å². The molecule has 0 aliphatic carbocycles. The van der Waals surface area contributed by atoms with Crippen LogP contribution in [0.3, 0.4) is 0 Å². The average molecular weight is 334 g/mol. The van der Waals surface area contributed by atoms with Crippen molar-refractivity contribution in [3.63, 3.8) is 0 Å². The fraction of sp³-hybridized carbons (Fsp3) is 0.500. The van der Waals surface area contributed by atoms with Crippen molar-refractivity contribution in [3.05, 3.63) is 27.4 Å². The number of aromatic amines is 1. The normalized spacial score (nSPS) is 27.4. The number of thiophene rings is 1. The lowest BCUT2D eigenvalue weighted by Gasteiger charge is -2.35. The van der Waals surface area contributed by atoms with Crippen molar-refractivity contribution >= 4 is 27.5 Å². The first kappa shape index (κ1) is 14.7. The van der Waals surface area contributed by atoms with E-state index in [0.717, 1.165) is 25.7 Å². The number of ether oxygens (including phenoxy) is 1. The molecule has 2 aromatic heterocycles. The van der Waals surface area contributed by atoms with Crippen LogP contribution in [0.4, 0.5) is 0 Å². The highest BCUT2D eigenvalue weighted by atomic mass is 32.1. The third-order valence-electron chi connectivity index (χ3n) is 5.14. The number of hydrogen-bond donors (Lipinski definition) is 2. The minimum absolute atomic E-state index is 0.187. The van der Waals surface area contributed by atoms with Crippen LogP contribution in [0.2, 0.25) is 0 Å². The van der Waals surface area contributed by atoms with Gasteiger partial charge >= 0.3 is 5.97 Å². The van der Waals surface area contributed by atoms with Crippen molar-refractivity contribution in [3.8, 4) is 5.75 Å². The molecule has 2 aliphatic rings. The summed E-state index contributed by atoms with van der Waals surface area (Å²) in [4.78, 5) is 30.1. The molecule has 0 amide bonds. The van der Waals surface area contributed by atoms with E-state index in [9.17, 15) is 14.7 Å². The van der Waals surface area contributed by atoms with Gasteiger partial charge in [0.2, 0.25) is 0 Å². The smallest absolute Gasteiger partial charge is 0.347 e. The Balaban J connectivity index is 1.59. The van der Waals surface area contributed by atoms with Crippen LogP contribution in [0.5, 0.6) is 5.75 Å². The van der Waals surface area contributed by atoms with Crippen molar-refractivity contribution < 1.29 is 14.6 Å². The number of esters is 1. The summed E-state index contributed by atoms with van der Waals surface area (Å²) < 4.78 is 5.55. The predicted molar refractivity (Wildman–Crippen MR) is 87.1 cm³/mol. The van der Waals surface area contributed by atoms with Crippen molar-refractivity contribution in [2.45, 2.75) is 43.9 Å².